The lowest BCUT2D eigenvalue weighted by molar-refractivity contribution is -0.119. The fourth-order valence-corrected chi connectivity index (χ4v) is 3.44. The highest BCUT2D eigenvalue weighted by Gasteiger charge is 2.37. The molecule has 7 heteroatoms. The molecule has 0 bridgehead atoms. The average Bonchev–Trinajstić information content (AvgIpc) is 2.62. The molecule has 0 fully saturated rings. The first-order valence-corrected chi connectivity index (χ1v) is 8.55. The second-order valence-corrected chi connectivity index (χ2v) is 6.67. The SMILES string of the molecule is CNC(=O)CN1c2ccccc2C(=O)N(C)[C@@H]1c1ccc(O)c(Br)c1. The summed E-state index contributed by atoms with van der Waals surface area (Å²) in [5, 5.41) is 12.4. The zero-order valence-electron chi connectivity index (χ0n) is 13.9. The van der Waals surface area contributed by atoms with Gasteiger partial charge in [-0.3, -0.25) is 9.59 Å². The number of anilines is 1. The molecule has 0 spiro atoms. The number of phenolic OH excluding ortho intramolecular Hbond substituents is 1. The van der Waals surface area contributed by atoms with Crippen molar-refractivity contribution in [3.63, 3.8) is 0 Å². The Labute approximate surface area is 154 Å². The van der Waals surface area contributed by atoms with E-state index in [4.69, 9.17) is 0 Å². The molecule has 2 aromatic rings. The summed E-state index contributed by atoms with van der Waals surface area (Å²) in [6.45, 7) is 0.105. The molecule has 1 heterocycles. The van der Waals surface area contributed by atoms with Gasteiger partial charge in [-0.2, -0.15) is 0 Å². The number of aromatic hydroxyl groups is 1. The van der Waals surface area contributed by atoms with Gasteiger partial charge in [0.1, 0.15) is 11.9 Å². The molecule has 0 saturated heterocycles. The Hall–Kier alpha value is -2.54. The molecule has 0 aromatic heterocycles. The van der Waals surface area contributed by atoms with E-state index in [1.807, 2.05) is 17.0 Å². The van der Waals surface area contributed by atoms with Gasteiger partial charge in [0.2, 0.25) is 5.91 Å². The van der Waals surface area contributed by atoms with E-state index in [-0.39, 0.29) is 24.1 Å². The second-order valence-electron chi connectivity index (χ2n) is 5.82. The normalized spacial score (nSPS) is 16.6. The quantitative estimate of drug-likeness (QED) is 0.825. The van der Waals surface area contributed by atoms with Crippen LogP contribution in [0.3, 0.4) is 0 Å². The Morgan fingerprint density at radius 3 is 2.68 bits per heavy atom. The van der Waals surface area contributed by atoms with Crippen molar-refractivity contribution >= 4 is 33.4 Å². The Balaban J connectivity index is 2.14. The highest BCUT2D eigenvalue weighted by molar-refractivity contribution is 9.10. The Morgan fingerprint density at radius 1 is 1.28 bits per heavy atom. The molecular weight excluding hydrogens is 386 g/mol. The molecule has 3 rings (SSSR count). The number of phenols is 1. The number of para-hydroxylation sites is 1. The van der Waals surface area contributed by atoms with E-state index in [1.54, 1.807) is 49.3 Å². The number of hydrogen-bond donors (Lipinski definition) is 2. The van der Waals surface area contributed by atoms with Gasteiger partial charge in [-0.15, -0.1) is 0 Å². The summed E-state index contributed by atoms with van der Waals surface area (Å²) in [7, 11) is 3.29. The fourth-order valence-electron chi connectivity index (χ4n) is 3.04. The van der Waals surface area contributed by atoms with Gasteiger partial charge in [0, 0.05) is 14.1 Å². The summed E-state index contributed by atoms with van der Waals surface area (Å²) in [6.07, 6.45) is -0.461. The summed E-state index contributed by atoms with van der Waals surface area (Å²) in [5.74, 6) is -0.148. The lowest BCUT2D eigenvalue weighted by Gasteiger charge is -2.44. The van der Waals surface area contributed by atoms with E-state index in [9.17, 15) is 14.7 Å². The predicted molar refractivity (Wildman–Crippen MR) is 98.5 cm³/mol. The molecule has 130 valence electrons. The van der Waals surface area contributed by atoms with Crippen LogP contribution < -0.4 is 10.2 Å². The molecule has 2 amide bonds. The van der Waals surface area contributed by atoms with Crippen LogP contribution in [0.15, 0.2) is 46.9 Å². The first-order chi connectivity index (χ1) is 11.9. The standard InChI is InChI=1S/C18H18BrN3O3/c1-20-16(24)10-22-14-6-4-3-5-12(14)18(25)21(2)17(22)11-7-8-15(23)13(19)9-11/h3-9,17,23H,10H2,1-2H3,(H,20,24)/t17-/m0/s1. The van der Waals surface area contributed by atoms with Gasteiger partial charge >= 0.3 is 0 Å². The average molecular weight is 404 g/mol. The number of rotatable bonds is 3. The molecule has 0 radical (unpaired) electrons. The van der Waals surface area contributed by atoms with Gasteiger partial charge < -0.3 is 20.2 Å². The predicted octanol–water partition coefficient (Wildman–Crippen LogP) is 2.49. The molecular formula is C18H18BrN3O3. The largest absolute Gasteiger partial charge is 0.507 e. The Kier molecular flexibility index (Phi) is 4.67. The van der Waals surface area contributed by atoms with Gasteiger partial charge in [0.05, 0.1) is 22.3 Å². The summed E-state index contributed by atoms with van der Waals surface area (Å²) in [5.41, 5.74) is 2.06. The van der Waals surface area contributed by atoms with Crippen molar-refractivity contribution in [1.29, 1.82) is 0 Å². The van der Waals surface area contributed by atoms with Crippen LogP contribution in [-0.4, -0.2) is 42.5 Å². The summed E-state index contributed by atoms with van der Waals surface area (Å²) >= 11 is 3.31. The molecule has 2 aromatic carbocycles. The monoisotopic (exact) mass is 403 g/mol. The first-order valence-electron chi connectivity index (χ1n) is 7.76. The summed E-state index contributed by atoms with van der Waals surface area (Å²) in [4.78, 5) is 28.3. The number of amides is 2. The number of hydrogen-bond acceptors (Lipinski definition) is 4. The number of halogens is 1. The molecule has 2 N–H and O–H groups in total. The van der Waals surface area contributed by atoms with Crippen LogP contribution in [0.1, 0.15) is 22.1 Å². The van der Waals surface area contributed by atoms with E-state index >= 15 is 0 Å². The number of carbonyl (C=O) groups excluding carboxylic acids is 2. The Morgan fingerprint density at radius 2 is 2.00 bits per heavy atom. The number of fused-ring (bicyclic) bond motifs is 1. The molecule has 0 saturated carbocycles. The topological polar surface area (TPSA) is 72.9 Å². The minimum Gasteiger partial charge on any atom is -0.507 e. The van der Waals surface area contributed by atoms with Crippen LogP contribution in [0.4, 0.5) is 5.69 Å². The highest BCUT2D eigenvalue weighted by atomic mass is 79.9. The Bertz CT molecular complexity index is 840. The number of benzene rings is 2. The van der Waals surface area contributed by atoms with Crippen LogP contribution >= 0.6 is 15.9 Å². The van der Waals surface area contributed by atoms with Crippen LogP contribution in [0.2, 0.25) is 0 Å². The van der Waals surface area contributed by atoms with Crippen LogP contribution in [0.25, 0.3) is 0 Å². The van der Waals surface area contributed by atoms with Gasteiger partial charge in [0.25, 0.3) is 5.91 Å². The molecule has 0 aliphatic carbocycles. The van der Waals surface area contributed by atoms with Gasteiger partial charge in [0.15, 0.2) is 0 Å². The first kappa shape index (κ1) is 17.3. The van der Waals surface area contributed by atoms with E-state index < -0.39 is 6.17 Å². The van der Waals surface area contributed by atoms with Crippen molar-refractivity contribution in [2.75, 3.05) is 25.5 Å². The minimum atomic E-state index is -0.461. The third kappa shape index (κ3) is 3.07. The van der Waals surface area contributed by atoms with Crippen molar-refractivity contribution in [3.05, 3.63) is 58.1 Å². The van der Waals surface area contributed by atoms with Gasteiger partial charge in [-0.25, -0.2) is 0 Å². The van der Waals surface area contributed by atoms with Crippen molar-refractivity contribution in [1.82, 2.24) is 10.2 Å². The molecule has 1 atom stereocenters. The lowest BCUT2D eigenvalue weighted by atomic mass is 10.0. The maximum atomic E-state index is 12.8. The van der Waals surface area contributed by atoms with Crippen LogP contribution in [0.5, 0.6) is 5.75 Å². The van der Waals surface area contributed by atoms with Crippen molar-refractivity contribution in [2.24, 2.45) is 0 Å². The second kappa shape index (κ2) is 6.76. The van der Waals surface area contributed by atoms with E-state index in [0.29, 0.717) is 15.7 Å². The molecule has 0 unspecified atom stereocenters. The number of nitrogens with one attached hydrogen (secondary N) is 1. The molecule has 25 heavy (non-hydrogen) atoms. The summed E-state index contributed by atoms with van der Waals surface area (Å²) < 4.78 is 0.532. The van der Waals surface area contributed by atoms with Crippen LogP contribution in [0, 0.1) is 0 Å². The lowest BCUT2D eigenvalue weighted by Crippen LogP contribution is -2.50. The van der Waals surface area contributed by atoms with Crippen molar-refractivity contribution in [3.8, 4) is 5.75 Å². The third-order valence-corrected chi connectivity index (χ3v) is 4.92. The van der Waals surface area contributed by atoms with Gasteiger partial charge in [-0.05, 0) is 45.8 Å². The molecule has 6 nitrogen and oxygen atoms in total. The number of carbonyl (C=O) groups is 2. The van der Waals surface area contributed by atoms with Crippen molar-refractivity contribution < 1.29 is 14.7 Å². The van der Waals surface area contributed by atoms with E-state index in [1.165, 1.54) is 0 Å². The van der Waals surface area contributed by atoms with E-state index in [2.05, 4.69) is 21.2 Å². The highest BCUT2D eigenvalue weighted by Crippen LogP contribution is 2.39. The zero-order chi connectivity index (χ0) is 18.1. The number of nitrogens with zero attached hydrogens (tertiary/aromatic N) is 2. The fraction of sp³-hybridized carbons (Fsp3) is 0.222. The third-order valence-electron chi connectivity index (χ3n) is 4.29. The smallest absolute Gasteiger partial charge is 0.257 e. The van der Waals surface area contributed by atoms with Crippen LogP contribution in [-0.2, 0) is 4.79 Å². The molecule has 1 aliphatic heterocycles. The van der Waals surface area contributed by atoms with Crippen molar-refractivity contribution in [2.45, 2.75) is 6.17 Å². The maximum absolute atomic E-state index is 12.8. The van der Waals surface area contributed by atoms with Gasteiger partial charge in [-0.1, -0.05) is 18.2 Å². The van der Waals surface area contributed by atoms with E-state index in [0.717, 1.165) is 5.56 Å². The minimum absolute atomic E-state index is 0.105. The number of likely N-dealkylation sites (N-methyl/N-ethyl adjacent to an activating group) is 1. The summed E-state index contributed by atoms with van der Waals surface area (Å²) in [6, 6.07) is 12.3. The maximum Gasteiger partial charge on any atom is 0.257 e. The molecule has 1 aliphatic rings. The zero-order valence-corrected chi connectivity index (χ0v) is 15.4.